The number of halogens is 3. The van der Waals surface area contributed by atoms with E-state index in [9.17, 15) is 14.0 Å². The fraction of sp³-hybridized carbons (Fsp3) is 0.318. The minimum Gasteiger partial charge on any atom is -0.496 e. The van der Waals surface area contributed by atoms with Gasteiger partial charge in [-0.05, 0) is 48.7 Å². The van der Waals surface area contributed by atoms with E-state index in [1.165, 1.54) is 13.2 Å². The summed E-state index contributed by atoms with van der Waals surface area (Å²) in [6.07, 6.45) is 0.688. The molecule has 2 rings (SSSR count). The van der Waals surface area contributed by atoms with Crippen LogP contribution in [0, 0.1) is 5.41 Å². The molecule has 2 aromatic rings. The van der Waals surface area contributed by atoms with Crippen molar-refractivity contribution in [2.75, 3.05) is 20.3 Å². The molecule has 0 spiro atoms. The third kappa shape index (κ3) is 8.01. The van der Waals surface area contributed by atoms with Gasteiger partial charge in [-0.2, -0.15) is 0 Å². The molecule has 1 atom stereocenters. The number of carbonyl (C=O) groups is 2. The summed E-state index contributed by atoms with van der Waals surface area (Å²) in [5.74, 6) is -0.820. The molecule has 0 aromatic heterocycles. The number of nitrogens with one attached hydrogen (secondary N) is 4. The van der Waals surface area contributed by atoms with Crippen LogP contribution >= 0.6 is 23.2 Å². The number of methoxy groups -OCH3 is 1. The van der Waals surface area contributed by atoms with Crippen LogP contribution < -0.4 is 20.7 Å². The number of benzene rings is 2. The molecule has 32 heavy (non-hydrogen) atoms. The van der Waals surface area contributed by atoms with Crippen LogP contribution in [0.4, 0.5) is 4.39 Å². The second kappa shape index (κ2) is 12.9. The molecule has 2 amide bonds. The quantitative estimate of drug-likeness (QED) is 0.222. The average Bonchev–Trinajstić information content (AvgIpc) is 2.79. The molecule has 0 saturated carbocycles. The third-order valence-corrected chi connectivity index (χ3v) is 5.00. The standard InChI is InChI=1S/C22H25Cl2FN4O3/c1-32-19-8-7-16(24)11-17(19)21(30)29-18(6-3-9-27-20(26)12-25)22(31)28-13-14-4-2-5-15(23)10-14/h2,4-5,7-8,10-11,18H,3,6,9,12-13H2,1H3,(H2,26,27)(H,28,31)(H,29,30). The lowest BCUT2D eigenvalue weighted by Crippen LogP contribution is -2.47. The van der Waals surface area contributed by atoms with E-state index in [1.54, 1.807) is 30.3 Å². The molecule has 10 heteroatoms. The number of rotatable bonds is 11. The van der Waals surface area contributed by atoms with Gasteiger partial charge in [0.05, 0.1) is 12.7 Å². The molecule has 172 valence electrons. The van der Waals surface area contributed by atoms with Crippen LogP contribution in [0.1, 0.15) is 28.8 Å². The second-order valence-corrected chi connectivity index (χ2v) is 7.77. The molecule has 1 unspecified atom stereocenters. The summed E-state index contributed by atoms with van der Waals surface area (Å²) >= 11 is 12.0. The van der Waals surface area contributed by atoms with Crippen molar-refractivity contribution in [1.29, 1.82) is 5.41 Å². The van der Waals surface area contributed by atoms with E-state index in [0.29, 0.717) is 22.2 Å². The number of amidine groups is 1. The molecule has 0 aliphatic rings. The molecule has 7 nitrogen and oxygen atoms in total. The SMILES string of the molecule is COc1ccc(Cl)cc1C(=O)NC(CCCNC(=N)CF)C(=O)NCc1cccc(Cl)c1. The van der Waals surface area contributed by atoms with E-state index in [0.717, 1.165) is 5.56 Å². The zero-order valence-corrected chi connectivity index (χ0v) is 19.0. The van der Waals surface area contributed by atoms with Gasteiger partial charge in [-0.1, -0.05) is 35.3 Å². The Morgan fingerprint density at radius 3 is 2.56 bits per heavy atom. The van der Waals surface area contributed by atoms with Crippen molar-refractivity contribution in [2.45, 2.75) is 25.4 Å². The van der Waals surface area contributed by atoms with Crippen LogP contribution in [-0.4, -0.2) is 44.0 Å². The van der Waals surface area contributed by atoms with Crippen molar-refractivity contribution < 1.29 is 18.7 Å². The van der Waals surface area contributed by atoms with Gasteiger partial charge in [-0.25, -0.2) is 4.39 Å². The first kappa shape index (κ1) is 25.4. The molecule has 0 saturated heterocycles. The third-order valence-electron chi connectivity index (χ3n) is 4.53. The van der Waals surface area contributed by atoms with Gasteiger partial charge in [0.1, 0.15) is 24.3 Å². The maximum atomic E-state index is 12.9. The van der Waals surface area contributed by atoms with Gasteiger partial charge in [0.2, 0.25) is 5.91 Å². The Labute approximate surface area is 196 Å². The smallest absolute Gasteiger partial charge is 0.255 e. The Balaban J connectivity index is 2.08. The first-order chi connectivity index (χ1) is 15.3. The summed E-state index contributed by atoms with van der Waals surface area (Å²) in [4.78, 5) is 25.7. The van der Waals surface area contributed by atoms with Crippen molar-refractivity contribution in [1.82, 2.24) is 16.0 Å². The molecule has 0 aliphatic carbocycles. The van der Waals surface area contributed by atoms with Crippen molar-refractivity contribution in [2.24, 2.45) is 0 Å². The Bertz CT molecular complexity index is 959. The van der Waals surface area contributed by atoms with E-state index < -0.39 is 18.6 Å². The Morgan fingerprint density at radius 1 is 1.12 bits per heavy atom. The predicted octanol–water partition coefficient (Wildman–Crippen LogP) is 3.73. The molecule has 0 fully saturated rings. The zero-order valence-electron chi connectivity index (χ0n) is 17.5. The fourth-order valence-corrected chi connectivity index (χ4v) is 3.30. The Kier molecular flexibility index (Phi) is 10.2. The summed E-state index contributed by atoms with van der Waals surface area (Å²) in [6, 6.07) is 10.8. The molecule has 0 bridgehead atoms. The summed E-state index contributed by atoms with van der Waals surface area (Å²) in [5, 5.41) is 16.3. The number of hydrogen-bond donors (Lipinski definition) is 4. The van der Waals surface area contributed by atoms with Gasteiger partial charge >= 0.3 is 0 Å². The number of alkyl halides is 1. The van der Waals surface area contributed by atoms with Crippen molar-refractivity contribution in [3.8, 4) is 5.75 Å². The highest BCUT2D eigenvalue weighted by molar-refractivity contribution is 6.31. The van der Waals surface area contributed by atoms with Crippen molar-refractivity contribution in [3.05, 3.63) is 63.6 Å². The summed E-state index contributed by atoms with van der Waals surface area (Å²) in [5.41, 5.74) is 1.01. The molecule has 0 aliphatic heterocycles. The highest BCUT2D eigenvalue weighted by Gasteiger charge is 2.23. The lowest BCUT2D eigenvalue weighted by Gasteiger charge is -2.20. The Hall–Kier alpha value is -2.84. The lowest BCUT2D eigenvalue weighted by atomic mass is 10.1. The van der Waals surface area contributed by atoms with Gasteiger partial charge in [0, 0.05) is 23.1 Å². The number of hydrogen-bond acceptors (Lipinski definition) is 4. The minimum absolute atomic E-state index is 0.199. The van der Waals surface area contributed by atoms with Crippen LogP contribution in [0.3, 0.4) is 0 Å². The van der Waals surface area contributed by atoms with Crippen LogP contribution in [0.25, 0.3) is 0 Å². The van der Waals surface area contributed by atoms with Crippen molar-refractivity contribution in [3.63, 3.8) is 0 Å². The van der Waals surface area contributed by atoms with E-state index >= 15 is 0 Å². The second-order valence-electron chi connectivity index (χ2n) is 6.90. The molecule has 4 N–H and O–H groups in total. The average molecular weight is 483 g/mol. The maximum absolute atomic E-state index is 12.9. The normalized spacial score (nSPS) is 11.4. The largest absolute Gasteiger partial charge is 0.496 e. The minimum atomic E-state index is -0.894. The van der Waals surface area contributed by atoms with E-state index in [1.807, 2.05) is 6.07 Å². The van der Waals surface area contributed by atoms with Crippen LogP contribution in [0.5, 0.6) is 5.75 Å². The first-order valence-electron chi connectivity index (χ1n) is 9.88. The van der Waals surface area contributed by atoms with E-state index in [-0.39, 0.29) is 36.8 Å². The lowest BCUT2D eigenvalue weighted by molar-refractivity contribution is -0.123. The topological polar surface area (TPSA) is 103 Å². The van der Waals surface area contributed by atoms with Gasteiger partial charge in [-0.15, -0.1) is 0 Å². The summed E-state index contributed by atoms with van der Waals surface area (Å²) < 4.78 is 17.6. The highest BCUT2D eigenvalue weighted by Crippen LogP contribution is 2.22. The zero-order chi connectivity index (χ0) is 23.5. The predicted molar refractivity (Wildman–Crippen MR) is 123 cm³/mol. The number of ether oxygens (including phenoxy) is 1. The van der Waals surface area contributed by atoms with Crippen LogP contribution in [0.15, 0.2) is 42.5 Å². The number of amides is 2. The highest BCUT2D eigenvalue weighted by atomic mass is 35.5. The van der Waals surface area contributed by atoms with Gasteiger partial charge < -0.3 is 20.7 Å². The summed E-state index contributed by atoms with van der Waals surface area (Å²) in [6.45, 7) is -0.372. The van der Waals surface area contributed by atoms with Crippen LogP contribution in [-0.2, 0) is 11.3 Å². The monoisotopic (exact) mass is 482 g/mol. The molecular weight excluding hydrogens is 458 g/mol. The molecule has 2 aromatic carbocycles. The van der Waals surface area contributed by atoms with E-state index in [2.05, 4.69) is 16.0 Å². The van der Waals surface area contributed by atoms with Gasteiger partial charge in [0.15, 0.2) is 0 Å². The molecule has 0 heterocycles. The number of carbonyl (C=O) groups excluding carboxylic acids is 2. The van der Waals surface area contributed by atoms with Crippen LogP contribution in [0.2, 0.25) is 10.0 Å². The molecule has 0 radical (unpaired) electrons. The molecular formula is C22H25Cl2FN4O3. The van der Waals surface area contributed by atoms with Gasteiger partial charge in [-0.3, -0.25) is 15.0 Å². The fourth-order valence-electron chi connectivity index (χ4n) is 2.91. The van der Waals surface area contributed by atoms with Gasteiger partial charge in [0.25, 0.3) is 5.91 Å². The van der Waals surface area contributed by atoms with E-state index in [4.69, 9.17) is 33.3 Å². The first-order valence-corrected chi connectivity index (χ1v) is 10.6. The maximum Gasteiger partial charge on any atom is 0.255 e. The summed E-state index contributed by atoms with van der Waals surface area (Å²) in [7, 11) is 1.43. The van der Waals surface area contributed by atoms with Crippen molar-refractivity contribution >= 4 is 40.9 Å². The Morgan fingerprint density at radius 2 is 1.88 bits per heavy atom.